The van der Waals surface area contributed by atoms with Crippen molar-refractivity contribution >= 4 is 34.7 Å². The van der Waals surface area contributed by atoms with Crippen LogP contribution >= 0.6 is 0 Å². The summed E-state index contributed by atoms with van der Waals surface area (Å²) in [5, 5.41) is 11.8. The van der Waals surface area contributed by atoms with Gasteiger partial charge in [-0.1, -0.05) is 12.8 Å². The molecule has 0 spiro atoms. The van der Waals surface area contributed by atoms with E-state index in [9.17, 15) is 22.8 Å². The third-order valence-electron chi connectivity index (χ3n) is 9.50. The van der Waals surface area contributed by atoms with Crippen LogP contribution in [0.2, 0.25) is 0 Å². The van der Waals surface area contributed by atoms with Crippen LogP contribution in [0.15, 0.2) is 30.5 Å². The number of halogens is 3. The van der Waals surface area contributed by atoms with Crippen LogP contribution in [0.3, 0.4) is 0 Å². The number of H-pyrrole nitrogens is 1. The molecule has 1 saturated carbocycles. The smallest absolute Gasteiger partial charge is 0.433 e. The van der Waals surface area contributed by atoms with Crippen LogP contribution in [0.4, 0.5) is 24.8 Å². The highest BCUT2D eigenvalue weighted by atomic mass is 19.4. The second kappa shape index (κ2) is 14.8. The average Bonchev–Trinajstić information content (AvgIpc) is 3.72. The van der Waals surface area contributed by atoms with E-state index in [0.29, 0.717) is 50.4 Å². The standard InChI is InChI=1S/C35H41F3N8O5/c1-4-51-28-15-22(14-27(41-28)35(36,37)38)24-16-26(45(2)19-34(20-50-3)9-5-6-10-34)30-31(40-24)43-33(42-30)44-32(49)25-13-21-7-11-46(12-8-29(47)48)18-23(21)17-39-25/h13-17H,4-12,18-20H2,1-3H3,(H,47,48)(H2,40,42,43,44,49). The number of fused-ring (bicyclic) bond motifs is 2. The molecule has 51 heavy (non-hydrogen) atoms. The minimum absolute atomic E-state index is 0.0497. The molecule has 272 valence electrons. The highest BCUT2D eigenvalue weighted by molar-refractivity contribution is 6.03. The van der Waals surface area contributed by atoms with Crippen molar-refractivity contribution in [3.63, 3.8) is 0 Å². The number of nitrogens with zero attached hydrogens (tertiary/aromatic N) is 6. The Morgan fingerprint density at radius 2 is 1.90 bits per heavy atom. The molecule has 1 aliphatic carbocycles. The number of aromatic nitrogens is 5. The van der Waals surface area contributed by atoms with Crippen molar-refractivity contribution in [1.82, 2.24) is 29.8 Å². The first kappa shape index (κ1) is 36.0. The molecule has 1 aliphatic heterocycles. The first-order valence-electron chi connectivity index (χ1n) is 16.9. The zero-order valence-electron chi connectivity index (χ0n) is 28.8. The summed E-state index contributed by atoms with van der Waals surface area (Å²) in [6.07, 6.45) is 1.71. The van der Waals surface area contributed by atoms with Crippen molar-refractivity contribution < 1.29 is 37.3 Å². The number of ether oxygens (including phenoxy) is 2. The summed E-state index contributed by atoms with van der Waals surface area (Å²) in [5.41, 5.74) is 2.56. The Labute approximate surface area is 292 Å². The van der Waals surface area contributed by atoms with Crippen molar-refractivity contribution in [2.75, 3.05) is 57.2 Å². The van der Waals surface area contributed by atoms with E-state index < -0.39 is 23.7 Å². The van der Waals surface area contributed by atoms with Crippen molar-refractivity contribution in [2.24, 2.45) is 5.41 Å². The Bertz CT molecular complexity index is 1910. The average molecular weight is 711 g/mol. The number of aromatic amines is 1. The van der Waals surface area contributed by atoms with Crippen LogP contribution < -0.4 is 15.0 Å². The summed E-state index contributed by atoms with van der Waals surface area (Å²) in [7, 11) is 3.59. The van der Waals surface area contributed by atoms with Gasteiger partial charge >= 0.3 is 12.1 Å². The van der Waals surface area contributed by atoms with Crippen LogP contribution in [-0.4, -0.2) is 93.8 Å². The zero-order valence-corrected chi connectivity index (χ0v) is 28.8. The number of hydrogen-bond donors (Lipinski definition) is 3. The van der Waals surface area contributed by atoms with E-state index >= 15 is 0 Å². The predicted molar refractivity (Wildman–Crippen MR) is 183 cm³/mol. The maximum absolute atomic E-state index is 13.9. The number of anilines is 2. The number of carbonyl (C=O) groups excluding carboxylic acids is 1. The Morgan fingerprint density at radius 1 is 1.12 bits per heavy atom. The minimum Gasteiger partial charge on any atom is -0.481 e. The van der Waals surface area contributed by atoms with Gasteiger partial charge in [-0.3, -0.25) is 24.8 Å². The molecule has 0 atom stereocenters. The first-order chi connectivity index (χ1) is 24.4. The number of methoxy groups -OCH3 is 1. The van der Waals surface area contributed by atoms with E-state index in [-0.39, 0.29) is 52.9 Å². The highest BCUT2D eigenvalue weighted by Gasteiger charge is 2.36. The van der Waals surface area contributed by atoms with Crippen molar-refractivity contribution in [1.29, 1.82) is 0 Å². The predicted octanol–water partition coefficient (Wildman–Crippen LogP) is 5.56. The SMILES string of the molecule is CCOc1cc(-c2cc(N(C)CC3(COC)CCCC3)c3[nH]c(NC(=O)c4cc5c(cn4)CN(CCC(=O)O)CC5)nc3n2)cc(C(F)(F)F)n1. The summed E-state index contributed by atoms with van der Waals surface area (Å²) >= 11 is 0. The molecule has 16 heteroatoms. The van der Waals surface area contributed by atoms with E-state index in [0.717, 1.165) is 42.9 Å². The fourth-order valence-electron chi connectivity index (χ4n) is 7.11. The fourth-order valence-corrected chi connectivity index (χ4v) is 7.11. The molecule has 0 radical (unpaired) electrons. The van der Waals surface area contributed by atoms with Gasteiger partial charge in [0.15, 0.2) is 5.65 Å². The van der Waals surface area contributed by atoms with Gasteiger partial charge in [-0.05, 0) is 55.5 Å². The summed E-state index contributed by atoms with van der Waals surface area (Å²) in [4.78, 5) is 48.9. The number of carbonyl (C=O) groups is 2. The van der Waals surface area contributed by atoms with Gasteiger partial charge in [-0.2, -0.15) is 18.2 Å². The highest BCUT2D eigenvalue weighted by Crippen LogP contribution is 2.41. The topological polar surface area (TPSA) is 159 Å². The van der Waals surface area contributed by atoms with Crippen LogP contribution in [0, 0.1) is 5.41 Å². The van der Waals surface area contributed by atoms with Crippen LogP contribution in [0.5, 0.6) is 5.88 Å². The largest absolute Gasteiger partial charge is 0.481 e. The zero-order chi connectivity index (χ0) is 36.3. The van der Waals surface area contributed by atoms with E-state index in [1.807, 2.05) is 16.8 Å². The molecule has 1 fully saturated rings. The maximum atomic E-state index is 13.9. The number of aliphatic carboxylic acids is 1. The summed E-state index contributed by atoms with van der Waals surface area (Å²) in [5.74, 6) is -1.43. The number of carboxylic acid groups (broad SMARTS) is 1. The molecule has 0 bridgehead atoms. The molecular weight excluding hydrogens is 669 g/mol. The Hall–Kier alpha value is -4.83. The number of pyridine rings is 3. The lowest BCUT2D eigenvalue weighted by Crippen LogP contribution is -2.37. The number of carboxylic acids is 1. The lowest BCUT2D eigenvalue weighted by molar-refractivity contribution is -0.141. The number of hydrogen-bond acceptors (Lipinski definition) is 10. The van der Waals surface area contributed by atoms with Crippen molar-refractivity contribution in [2.45, 2.75) is 58.2 Å². The quantitative estimate of drug-likeness (QED) is 0.160. The van der Waals surface area contributed by atoms with E-state index in [2.05, 4.69) is 30.2 Å². The van der Waals surface area contributed by atoms with Gasteiger partial charge in [-0.25, -0.2) is 9.97 Å². The molecule has 0 unspecified atom stereocenters. The molecule has 3 N–H and O–H groups in total. The lowest BCUT2D eigenvalue weighted by Gasteiger charge is -2.34. The van der Waals surface area contributed by atoms with Gasteiger partial charge in [0.25, 0.3) is 5.91 Å². The Balaban J connectivity index is 1.33. The van der Waals surface area contributed by atoms with Crippen LogP contribution in [0.1, 0.15) is 66.3 Å². The lowest BCUT2D eigenvalue weighted by atomic mass is 9.86. The van der Waals surface area contributed by atoms with E-state index in [1.54, 1.807) is 32.4 Å². The third-order valence-corrected chi connectivity index (χ3v) is 9.50. The Morgan fingerprint density at radius 3 is 2.61 bits per heavy atom. The van der Waals surface area contributed by atoms with Crippen molar-refractivity contribution in [3.8, 4) is 17.1 Å². The van der Waals surface area contributed by atoms with Gasteiger partial charge in [0.05, 0.1) is 31.0 Å². The fraction of sp³-hybridized carbons (Fsp3) is 0.486. The number of imidazole rings is 1. The molecular formula is C35H41F3N8O5. The number of amides is 1. The second-order valence-corrected chi connectivity index (χ2v) is 13.3. The normalized spacial score (nSPS) is 15.9. The van der Waals surface area contributed by atoms with E-state index in [1.165, 1.54) is 6.07 Å². The molecule has 13 nitrogen and oxygen atoms in total. The number of alkyl halides is 3. The molecule has 2 aliphatic rings. The minimum atomic E-state index is -4.71. The molecule has 0 aromatic carbocycles. The molecule has 4 aromatic rings. The molecule has 6 rings (SSSR count). The molecule has 4 aromatic heterocycles. The third kappa shape index (κ3) is 8.22. The monoisotopic (exact) mass is 710 g/mol. The Kier molecular flexibility index (Phi) is 10.4. The van der Waals surface area contributed by atoms with Crippen LogP contribution in [0.25, 0.3) is 22.4 Å². The van der Waals surface area contributed by atoms with E-state index in [4.69, 9.17) is 14.6 Å². The maximum Gasteiger partial charge on any atom is 0.433 e. The van der Waals surface area contributed by atoms with Gasteiger partial charge in [0.1, 0.15) is 16.9 Å². The number of rotatable bonds is 13. The van der Waals surface area contributed by atoms with Gasteiger partial charge < -0.3 is 24.5 Å². The molecule has 5 heterocycles. The summed E-state index contributed by atoms with van der Waals surface area (Å²) in [6, 6.07) is 5.79. The van der Waals surface area contributed by atoms with Gasteiger partial charge in [0.2, 0.25) is 11.8 Å². The molecule has 1 amide bonds. The second-order valence-electron chi connectivity index (χ2n) is 13.3. The molecule has 0 saturated heterocycles. The van der Waals surface area contributed by atoms with Crippen molar-refractivity contribution in [3.05, 3.63) is 53.0 Å². The van der Waals surface area contributed by atoms with Gasteiger partial charge in [0, 0.05) is 63.6 Å². The summed E-state index contributed by atoms with van der Waals surface area (Å²) < 4.78 is 52.7. The van der Waals surface area contributed by atoms with Gasteiger partial charge in [-0.15, -0.1) is 0 Å². The van der Waals surface area contributed by atoms with Crippen LogP contribution in [-0.2, 0) is 28.7 Å². The summed E-state index contributed by atoms with van der Waals surface area (Å²) in [6.45, 7) is 4.61. The first-order valence-corrected chi connectivity index (χ1v) is 16.9. The number of nitrogens with one attached hydrogen (secondary N) is 2.